The summed E-state index contributed by atoms with van der Waals surface area (Å²) in [6, 6.07) is 14.3. The van der Waals surface area contributed by atoms with Crippen LogP contribution in [0.5, 0.6) is 5.75 Å². The number of hydrogen-bond donors (Lipinski definition) is 2. The van der Waals surface area contributed by atoms with Crippen molar-refractivity contribution in [2.45, 2.75) is 26.4 Å². The molecule has 1 heterocycles. The molecule has 0 saturated carbocycles. The van der Waals surface area contributed by atoms with Crippen molar-refractivity contribution in [2.24, 2.45) is 10.7 Å². The van der Waals surface area contributed by atoms with E-state index in [2.05, 4.69) is 42.4 Å². The fourth-order valence-electron chi connectivity index (χ4n) is 2.56. The molecule has 0 radical (unpaired) electrons. The summed E-state index contributed by atoms with van der Waals surface area (Å²) >= 11 is 0. The average molecular weight is 423 g/mol. The largest absolute Gasteiger partial charge is 0.488 e. The van der Waals surface area contributed by atoms with E-state index in [1.54, 1.807) is 0 Å². The Morgan fingerprint density at radius 2 is 2.00 bits per heavy atom. The highest BCUT2D eigenvalue weighted by Gasteiger charge is 2.21. The van der Waals surface area contributed by atoms with Gasteiger partial charge in [0.2, 0.25) is 0 Å². The van der Waals surface area contributed by atoms with Gasteiger partial charge in [-0.15, -0.1) is 24.0 Å². The van der Waals surface area contributed by atoms with E-state index < -0.39 is 0 Å². The molecule has 4 nitrogen and oxygen atoms in total. The highest BCUT2D eigenvalue weighted by Crippen LogP contribution is 2.28. The third-order valence-electron chi connectivity index (χ3n) is 3.96. The van der Waals surface area contributed by atoms with Crippen LogP contribution in [0.15, 0.2) is 47.5 Å². The molecule has 0 fully saturated rings. The van der Waals surface area contributed by atoms with Crippen molar-refractivity contribution in [1.29, 1.82) is 0 Å². The van der Waals surface area contributed by atoms with Crippen molar-refractivity contribution >= 4 is 35.6 Å². The molecule has 2 aromatic carbocycles. The van der Waals surface area contributed by atoms with Crippen LogP contribution in [0.2, 0.25) is 0 Å². The molecule has 5 heteroatoms. The summed E-state index contributed by atoms with van der Waals surface area (Å²) in [5.74, 6) is 1.38. The summed E-state index contributed by atoms with van der Waals surface area (Å²) in [6.07, 6.45) is 0.953. The highest BCUT2D eigenvalue weighted by atomic mass is 127. The normalized spacial score (nSPS) is 16.3. The third kappa shape index (κ3) is 4.37. The molecule has 1 atom stereocenters. The summed E-state index contributed by atoms with van der Waals surface area (Å²) in [6.45, 7) is 4.72. The number of rotatable bonds is 3. The Kier molecular flexibility index (Phi) is 5.87. The van der Waals surface area contributed by atoms with Gasteiger partial charge in [0.15, 0.2) is 5.96 Å². The van der Waals surface area contributed by atoms with Crippen molar-refractivity contribution in [1.82, 2.24) is 0 Å². The zero-order chi connectivity index (χ0) is 15.5. The number of halogens is 1. The first-order chi connectivity index (χ1) is 10.6. The molecule has 122 valence electrons. The lowest BCUT2D eigenvalue weighted by molar-refractivity contribution is 0.242. The van der Waals surface area contributed by atoms with Gasteiger partial charge in [-0.2, -0.15) is 0 Å². The lowest BCUT2D eigenvalue weighted by Gasteiger charge is -2.10. The Morgan fingerprint density at radius 3 is 2.74 bits per heavy atom. The number of nitrogens with zero attached hydrogens (tertiary/aromatic N) is 1. The molecule has 3 rings (SSSR count). The smallest absolute Gasteiger partial charge is 0.193 e. The molecule has 0 aromatic heterocycles. The van der Waals surface area contributed by atoms with E-state index >= 15 is 0 Å². The molecular weight excluding hydrogens is 401 g/mol. The van der Waals surface area contributed by atoms with Gasteiger partial charge in [0, 0.05) is 12.1 Å². The van der Waals surface area contributed by atoms with Crippen LogP contribution in [0.1, 0.15) is 16.7 Å². The van der Waals surface area contributed by atoms with E-state index in [0.717, 1.165) is 17.9 Å². The predicted molar refractivity (Wildman–Crippen MR) is 106 cm³/mol. The molecule has 0 saturated heterocycles. The zero-order valence-electron chi connectivity index (χ0n) is 13.4. The van der Waals surface area contributed by atoms with Gasteiger partial charge in [-0.3, -0.25) is 0 Å². The number of nitrogens with two attached hydrogens (primary N) is 1. The molecule has 0 bridgehead atoms. The maximum atomic E-state index is 5.96. The van der Waals surface area contributed by atoms with E-state index in [9.17, 15) is 0 Å². The Hall–Kier alpha value is -1.76. The van der Waals surface area contributed by atoms with Crippen LogP contribution in [0.25, 0.3) is 0 Å². The molecule has 2 aromatic rings. The maximum absolute atomic E-state index is 5.96. The third-order valence-corrected chi connectivity index (χ3v) is 3.96. The number of nitrogens with one attached hydrogen (secondary N) is 1. The Balaban J connectivity index is 0.00000192. The summed E-state index contributed by atoms with van der Waals surface area (Å²) in [4.78, 5) is 4.39. The first-order valence-corrected chi connectivity index (χ1v) is 7.50. The number of aryl methyl sites for hydroxylation is 2. The number of para-hydroxylation sites is 1. The molecule has 0 spiro atoms. The highest BCUT2D eigenvalue weighted by molar-refractivity contribution is 14.0. The minimum absolute atomic E-state index is 0. The standard InChI is InChI=1S/C18H21N3O.HI/c1-12-7-8-15(9-13(12)2)21-18(19)20-11-16-10-14-5-3-4-6-17(14)22-16;/h3-9,16H,10-11H2,1-2H3,(H3,19,20,21);1H. The van der Waals surface area contributed by atoms with E-state index in [0.29, 0.717) is 12.5 Å². The van der Waals surface area contributed by atoms with Gasteiger partial charge in [-0.1, -0.05) is 24.3 Å². The van der Waals surface area contributed by atoms with Crippen molar-refractivity contribution in [3.8, 4) is 5.75 Å². The lowest BCUT2D eigenvalue weighted by Crippen LogP contribution is -2.26. The molecule has 0 amide bonds. The summed E-state index contributed by atoms with van der Waals surface area (Å²) in [5, 5.41) is 3.13. The first kappa shape index (κ1) is 17.6. The number of aliphatic imine (C=N–C) groups is 1. The van der Waals surface area contributed by atoms with E-state index in [1.165, 1.54) is 16.7 Å². The molecule has 1 aliphatic heterocycles. The predicted octanol–water partition coefficient (Wildman–Crippen LogP) is 3.65. The van der Waals surface area contributed by atoms with Crippen LogP contribution in [0, 0.1) is 13.8 Å². The van der Waals surface area contributed by atoms with Crippen molar-refractivity contribution in [3.63, 3.8) is 0 Å². The Labute approximate surface area is 154 Å². The second-order valence-electron chi connectivity index (χ2n) is 5.70. The van der Waals surface area contributed by atoms with Crippen molar-refractivity contribution in [3.05, 3.63) is 59.2 Å². The summed E-state index contributed by atoms with van der Waals surface area (Å²) in [7, 11) is 0. The van der Waals surface area contributed by atoms with Crippen LogP contribution in [-0.2, 0) is 6.42 Å². The minimum atomic E-state index is 0. The van der Waals surface area contributed by atoms with Gasteiger partial charge in [0.25, 0.3) is 0 Å². The SMILES string of the molecule is Cc1ccc(NC(N)=NCC2Cc3ccccc3O2)cc1C.I. The van der Waals surface area contributed by atoms with Gasteiger partial charge >= 0.3 is 0 Å². The van der Waals surface area contributed by atoms with Gasteiger partial charge < -0.3 is 15.8 Å². The van der Waals surface area contributed by atoms with E-state index in [-0.39, 0.29) is 30.1 Å². The molecule has 23 heavy (non-hydrogen) atoms. The molecule has 3 N–H and O–H groups in total. The second-order valence-corrected chi connectivity index (χ2v) is 5.70. The van der Waals surface area contributed by atoms with Crippen LogP contribution >= 0.6 is 24.0 Å². The number of guanidine groups is 1. The van der Waals surface area contributed by atoms with Crippen LogP contribution in [-0.4, -0.2) is 18.6 Å². The monoisotopic (exact) mass is 423 g/mol. The number of benzene rings is 2. The van der Waals surface area contributed by atoms with Crippen LogP contribution in [0.4, 0.5) is 5.69 Å². The van der Waals surface area contributed by atoms with Gasteiger partial charge in [0.05, 0.1) is 6.54 Å². The topological polar surface area (TPSA) is 59.6 Å². The summed E-state index contributed by atoms with van der Waals surface area (Å²) in [5.41, 5.74) is 10.6. The zero-order valence-corrected chi connectivity index (χ0v) is 15.7. The quantitative estimate of drug-likeness (QED) is 0.450. The van der Waals surface area contributed by atoms with Crippen molar-refractivity contribution in [2.75, 3.05) is 11.9 Å². The fourth-order valence-corrected chi connectivity index (χ4v) is 2.56. The summed E-state index contributed by atoms with van der Waals surface area (Å²) < 4.78 is 5.85. The Bertz CT molecular complexity index is 690. The number of ether oxygens (including phenoxy) is 1. The molecule has 1 unspecified atom stereocenters. The number of anilines is 1. The minimum Gasteiger partial charge on any atom is -0.488 e. The second kappa shape index (κ2) is 7.68. The fraction of sp³-hybridized carbons (Fsp3) is 0.278. The van der Waals surface area contributed by atoms with E-state index in [1.807, 2.05) is 24.3 Å². The van der Waals surface area contributed by atoms with Gasteiger partial charge in [-0.05, 0) is 48.7 Å². The average Bonchev–Trinajstić information content (AvgIpc) is 2.92. The number of fused-ring (bicyclic) bond motifs is 1. The van der Waals surface area contributed by atoms with Gasteiger partial charge in [-0.25, -0.2) is 4.99 Å². The van der Waals surface area contributed by atoms with Crippen LogP contribution < -0.4 is 15.8 Å². The van der Waals surface area contributed by atoms with E-state index in [4.69, 9.17) is 10.5 Å². The molecular formula is C18H22IN3O. The maximum Gasteiger partial charge on any atom is 0.193 e. The lowest BCUT2D eigenvalue weighted by atomic mass is 10.1. The van der Waals surface area contributed by atoms with Crippen molar-refractivity contribution < 1.29 is 4.74 Å². The van der Waals surface area contributed by atoms with Gasteiger partial charge in [0.1, 0.15) is 11.9 Å². The first-order valence-electron chi connectivity index (χ1n) is 7.50. The number of hydrogen-bond acceptors (Lipinski definition) is 2. The molecule has 1 aliphatic rings. The Morgan fingerprint density at radius 1 is 1.22 bits per heavy atom. The molecule has 0 aliphatic carbocycles. The van der Waals surface area contributed by atoms with Crippen LogP contribution in [0.3, 0.4) is 0 Å².